The number of carbonyl (C=O) groups excluding carboxylic acids is 2. The highest BCUT2D eigenvalue weighted by atomic mass is 19.1. The number of aryl methyl sites for hydroxylation is 2. The fraction of sp³-hybridized carbons (Fsp3) is 0.381. The summed E-state index contributed by atoms with van der Waals surface area (Å²) >= 11 is 0. The van der Waals surface area contributed by atoms with Gasteiger partial charge in [-0.1, -0.05) is 24.3 Å². The minimum atomic E-state index is -0.678. The number of piperidine rings is 1. The molecule has 4 aromatic heterocycles. The van der Waals surface area contributed by atoms with Gasteiger partial charge >= 0.3 is 5.69 Å². The summed E-state index contributed by atoms with van der Waals surface area (Å²) in [4.78, 5) is 54.2. The number of nitrogens with zero attached hydrogens (tertiary/aromatic N) is 9. The average Bonchev–Trinajstić information content (AvgIpc) is 3.94. The first kappa shape index (κ1) is 35.8. The third-order valence-corrected chi connectivity index (χ3v) is 11.7. The molecule has 3 aliphatic rings. The van der Waals surface area contributed by atoms with E-state index in [9.17, 15) is 18.8 Å². The maximum Gasteiger partial charge on any atom is 0.329 e. The molecular formula is C42H45FN10O3. The Morgan fingerprint density at radius 1 is 0.839 bits per heavy atom. The molecule has 0 spiro atoms. The molecule has 1 N–H and O–H groups in total. The van der Waals surface area contributed by atoms with Crippen molar-refractivity contribution in [3.05, 3.63) is 106 Å². The van der Waals surface area contributed by atoms with Gasteiger partial charge in [-0.25, -0.2) is 23.7 Å². The second-order valence-corrected chi connectivity index (χ2v) is 15.2. The van der Waals surface area contributed by atoms with Crippen molar-refractivity contribution in [3.8, 4) is 11.4 Å². The number of hydrogen-bond acceptors (Lipinski definition) is 9. The number of imide groups is 1. The monoisotopic (exact) mass is 756 g/mol. The van der Waals surface area contributed by atoms with Crippen LogP contribution >= 0.6 is 0 Å². The van der Waals surface area contributed by atoms with Gasteiger partial charge in [0.25, 0.3) is 0 Å². The maximum atomic E-state index is 14.1. The molecule has 2 aromatic carbocycles. The number of unbranched alkanes of at least 4 members (excludes halogenated alkanes) is 1. The summed E-state index contributed by atoms with van der Waals surface area (Å²) < 4.78 is 19.1. The van der Waals surface area contributed by atoms with Gasteiger partial charge in [0.05, 0.1) is 29.0 Å². The third kappa shape index (κ3) is 6.82. The molecule has 9 rings (SSSR count). The average molecular weight is 757 g/mol. The standard InChI is InChI=1S/C42H45FN10O3/c1-48-35-25-28(13-14-33(35)52(42(48)56)34-15-18-40(54)46-41(34)55)7-2-3-19-49-21-23-50(24-22-49)38-12-5-10-31(45-38)36-27-44-37-16-17-39(47-53(36)37)51-20-6-11-32(51)29-8-4-9-30(43)26-29/h4-5,8-10,12-14,16-17,25-27,32,34H,2-3,6-7,11,15,18-24H2,1H3,(H,46,54,55). The molecule has 14 heteroatoms. The van der Waals surface area contributed by atoms with Crippen LogP contribution in [-0.4, -0.2) is 84.7 Å². The Morgan fingerprint density at radius 2 is 1.70 bits per heavy atom. The van der Waals surface area contributed by atoms with Crippen LogP contribution in [0.25, 0.3) is 28.1 Å². The Balaban J connectivity index is 0.804. The quantitative estimate of drug-likeness (QED) is 0.151. The summed E-state index contributed by atoms with van der Waals surface area (Å²) in [6.07, 6.45) is 7.33. The first-order valence-electron chi connectivity index (χ1n) is 19.7. The molecule has 0 bridgehead atoms. The molecule has 13 nitrogen and oxygen atoms in total. The van der Waals surface area contributed by atoms with Gasteiger partial charge in [0.1, 0.15) is 29.2 Å². The molecule has 56 heavy (non-hydrogen) atoms. The topological polar surface area (TPSA) is 126 Å². The Hall–Kier alpha value is -5.89. The molecule has 2 amide bonds. The highest BCUT2D eigenvalue weighted by Gasteiger charge is 2.32. The first-order valence-corrected chi connectivity index (χ1v) is 19.7. The van der Waals surface area contributed by atoms with Crippen molar-refractivity contribution in [1.82, 2.24) is 38.9 Å². The minimum Gasteiger partial charge on any atom is -0.354 e. The van der Waals surface area contributed by atoms with Crippen molar-refractivity contribution in [2.45, 2.75) is 57.0 Å². The van der Waals surface area contributed by atoms with Crippen LogP contribution in [0.1, 0.15) is 61.7 Å². The molecule has 6 aromatic rings. The zero-order valence-electron chi connectivity index (χ0n) is 31.5. The van der Waals surface area contributed by atoms with Gasteiger partial charge in [0, 0.05) is 46.2 Å². The second-order valence-electron chi connectivity index (χ2n) is 15.2. The number of nitrogens with one attached hydrogen (secondary N) is 1. The number of anilines is 2. The molecule has 3 aliphatic heterocycles. The van der Waals surface area contributed by atoms with E-state index in [1.807, 2.05) is 53.2 Å². The predicted octanol–water partition coefficient (Wildman–Crippen LogP) is 5.05. The van der Waals surface area contributed by atoms with Crippen LogP contribution in [0.15, 0.2) is 83.8 Å². The number of halogens is 1. The van der Waals surface area contributed by atoms with E-state index in [0.29, 0.717) is 11.9 Å². The second kappa shape index (κ2) is 15.0. The van der Waals surface area contributed by atoms with Crippen molar-refractivity contribution >= 4 is 40.1 Å². The number of carbonyl (C=O) groups is 2. The SMILES string of the molecule is Cn1c(=O)n(C2CCC(=O)NC2=O)c2ccc(CCCCN3CCN(c4cccc(-c5cnc6ccc(N7CCCC7c7cccc(F)c7)nn56)n4)CC3)cc21. The van der Waals surface area contributed by atoms with Crippen LogP contribution in [0.3, 0.4) is 0 Å². The first-order chi connectivity index (χ1) is 27.3. The number of benzene rings is 2. The van der Waals surface area contributed by atoms with Gasteiger partial charge < -0.3 is 9.80 Å². The summed E-state index contributed by atoms with van der Waals surface area (Å²) in [7, 11) is 1.73. The smallest absolute Gasteiger partial charge is 0.329 e. The fourth-order valence-electron chi connectivity index (χ4n) is 8.69. The van der Waals surface area contributed by atoms with Crippen LogP contribution in [-0.2, 0) is 23.1 Å². The van der Waals surface area contributed by atoms with Gasteiger partial charge in [-0.3, -0.25) is 28.9 Å². The van der Waals surface area contributed by atoms with E-state index in [1.54, 1.807) is 23.7 Å². The minimum absolute atomic E-state index is 0.0736. The number of fused-ring (bicyclic) bond motifs is 2. The molecule has 0 radical (unpaired) electrons. The van der Waals surface area contributed by atoms with Gasteiger partial charge in [0.2, 0.25) is 11.8 Å². The van der Waals surface area contributed by atoms with E-state index < -0.39 is 11.9 Å². The van der Waals surface area contributed by atoms with E-state index in [0.717, 1.165) is 117 Å². The van der Waals surface area contributed by atoms with Crippen LogP contribution in [0.5, 0.6) is 0 Å². The zero-order valence-corrected chi connectivity index (χ0v) is 31.5. The molecule has 0 saturated carbocycles. The van der Waals surface area contributed by atoms with Gasteiger partial charge in [-0.2, -0.15) is 0 Å². The third-order valence-electron chi connectivity index (χ3n) is 11.7. The lowest BCUT2D eigenvalue weighted by molar-refractivity contribution is -0.135. The normalized spacial score (nSPS) is 19.4. The van der Waals surface area contributed by atoms with E-state index in [4.69, 9.17) is 10.1 Å². The number of piperazine rings is 1. The van der Waals surface area contributed by atoms with E-state index in [2.05, 4.69) is 37.1 Å². The highest BCUT2D eigenvalue weighted by Crippen LogP contribution is 2.36. The van der Waals surface area contributed by atoms with Gasteiger partial charge in [-0.15, -0.1) is 5.10 Å². The maximum absolute atomic E-state index is 14.1. The number of imidazole rings is 2. The predicted molar refractivity (Wildman–Crippen MR) is 212 cm³/mol. The number of pyridine rings is 1. The van der Waals surface area contributed by atoms with Crippen molar-refractivity contribution in [2.24, 2.45) is 7.05 Å². The fourth-order valence-corrected chi connectivity index (χ4v) is 8.69. The lowest BCUT2D eigenvalue weighted by Crippen LogP contribution is -2.46. The van der Waals surface area contributed by atoms with Crippen LogP contribution < -0.4 is 20.8 Å². The van der Waals surface area contributed by atoms with Crippen molar-refractivity contribution in [3.63, 3.8) is 0 Å². The lowest BCUT2D eigenvalue weighted by atomic mass is 10.0. The van der Waals surface area contributed by atoms with E-state index >= 15 is 0 Å². The van der Waals surface area contributed by atoms with E-state index in [1.165, 1.54) is 10.6 Å². The molecule has 0 aliphatic carbocycles. The molecule has 7 heterocycles. The zero-order chi connectivity index (χ0) is 38.3. The summed E-state index contributed by atoms with van der Waals surface area (Å²) in [6.45, 7) is 5.55. The number of hydrogen-bond donors (Lipinski definition) is 1. The summed E-state index contributed by atoms with van der Waals surface area (Å²) in [5.74, 6) is 0.844. The van der Waals surface area contributed by atoms with Crippen LogP contribution in [0.4, 0.5) is 16.0 Å². The van der Waals surface area contributed by atoms with Crippen molar-refractivity contribution < 1.29 is 14.0 Å². The molecule has 2 unspecified atom stereocenters. The largest absolute Gasteiger partial charge is 0.354 e. The number of rotatable bonds is 10. The van der Waals surface area contributed by atoms with Crippen molar-refractivity contribution in [2.75, 3.05) is 49.1 Å². The van der Waals surface area contributed by atoms with Gasteiger partial charge in [-0.05, 0) is 105 Å². The highest BCUT2D eigenvalue weighted by molar-refractivity contribution is 6.00. The number of amides is 2. The molecule has 3 fully saturated rings. The molecule has 288 valence electrons. The Kier molecular flexibility index (Phi) is 9.57. The molecular weight excluding hydrogens is 712 g/mol. The summed E-state index contributed by atoms with van der Waals surface area (Å²) in [6, 6.07) is 22.4. The van der Waals surface area contributed by atoms with E-state index in [-0.39, 0.29) is 29.9 Å². The lowest BCUT2D eigenvalue weighted by Gasteiger charge is -2.35. The van der Waals surface area contributed by atoms with Gasteiger partial charge in [0.15, 0.2) is 5.65 Å². The summed E-state index contributed by atoms with van der Waals surface area (Å²) in [5.41, 5.74) is 5.79. The number of aromatic nitrogens is 6. The Bertz CT molecular complexity index is 2500. The summed E-state index contributed by atoms with van der Waals surface area (Å²) in [5, 5.41) is 7.40. The molecule has 3 saturated heterocycles. The molecule has 2 atom stereocenters. The van der Waals surface area contributed by atoms with Crippen LogP contribution in [0, 0.1) is 5.82 Å². The van der Waals surface area contributed by atoms with Crippen molar-refractivity contribution in [1.29, 1.82) is 0 Å². The Labute approximate surface area is 323 Å². The Morgan fingerprint density at radius 3 is 2.54 bits per heavy atom. The van der Waals surface area contributed by atoms with Crippen LogP contribution in [0.2, 0.25) is 0 Å².